The molecular weight excluding hydrogens is 234 g/mol. The number of nitrogens with one attached hydrogen (secondary N) is 1. The molecule has 2 nitrogen and oxygen atoms in total. The summed E-state index contributed by atoms with van der Waals surface area (Å²) >= 11 is 0. The fourth-order valence-corrected chi connectivity index (χ4v) is 2.61. The minimum atomic E-state index is -0.372. The van der Waals surface area contributed by atoms with Crippen molar-refractivity contribution in [1.82, 2.24) is 5.32 Å². The van der Waals surface area contributed by atoms with Crippen LogP contribution in [0.4, 0.5) is 0 Å². The van der Waals surface area contributed by atoms with E-state index in [1.165, 1.54) is 77.0 Å². The Morgan fingerprint density at radius 2 is 1.16 bits per heavy atom. The number of hydrogen-bond donors (Lipinski definition) is 2. The molecule has 0 bridgehead atoms. The average molecular weight is 271 g/mol. The fourth-order valence-electron chi connectivity index (χ4n) is 2.61. The summed E-state index contributed by atoms with van der Waals surface area (Å²) in [4.78, 5) is 0. The van der Waals surface area contributed by atoms with Gasteiger partial charge in [-0.15, -0.1) is 0 Å². The van der Waals surface area contributed by atoms with Gasteiger partial charge in [0.1, 0.15) is 6.23 Å². The van der Waals surface area contributed by atoms with Gasteiger partial charge in [-0.3, -0.25) is 5.32 Å². The average Bonchev–Trinajstić information content (AvgIpc) is 2.35. The molecule has 0 aliphatic carbocycles. The Labute approximate surface area is 121 Å². The lowest BCUT2D eigenvalue weighted by molar-refractivity contribution is 0.141. The largest absolute Gasteiger partial charge is 0.379 e. The Balaban J connectivity index is 3.06. The summed E-state index contributed by atoms with van der Waals surface area (Å²) in [5.74, 6) is 0. The second-order valence-corrected chi connectivity index (χ2v) is 6.07. The molecule has 0 amide bonds. The minimum absolute atomic E-state index is 0.372. The highest BCUT2D eigenvalue weighted by Crippen LogP contribution is 2.12. The molecule has 2 N–H and O–H groups in total. The van der Waals surface area contributed by atoms with E-state index in [-0.39, 0.29) is 6.23 Å². The van der Waals surface area contributed by atoms with Gasteiger partial charge in [-0.1, -0.05) is 77.6 Å². The van der Waals surface area contributed by atoms with Crippen molar-refractivity contribution >= 4 is 0 Å². The topological polar surface area (TPSA) is 32.3 Å². The van der Waals surface area contributed by atoms with Crippen molar-refractivity contribution < 1.29 is 5.11 Å². The van der Waals surface area contributed by atoms with Crippen molar-refractivity contribution in [3.63, 3.8) is 0 Å². The van der Waals surface area contributed by atoms with Crippen LogP contribution in [0.5, 0.6) is 0 Å². The van der Waals surface area contributed by atoms with Crippen LogP contribution < -0.4 is 5.32 Å². The van der Waals surface area contributed by atoms with Crippen molar-refractivity contribution in [3.8, 4) is 0 Å². The zero-order chi connectivity index (χ0) is 14.3. The molecule has 0 aliphatic heterocycles. The van der Waals surface area contributed by atoms with E-state index >= 15 is 0 Å². The summed E-state index contributed by atoms with van der Waals surface area (Å²) in [5.41, 5.74) is 0. The number of aliphatic hydroxyl groups is 1. The minimum Gasteiger partial charge on any atom is -0.379 e. The third kappa shape index (κ3) is 15.9. The van der Waals surface area contributed by atoms with Gasteiger partial charge in [0.25, 0.3) is 0 Å². The molecule has 0 aliphatic rings. The van der Waals surface area contributed by atoms with E-state index in [4.69, 9.17) is 0 Å². The van der Waals surface area contributed by atoms with Gasteiger partial charge in [0.15, 0.2) is 0 Å². The molecule has 116 valence electrons. The zero-order valence-corrected chi connectivity index (χ0v) is 13.6. The van der Waals surface area contributed by atoms with Crippen molar-refractivity contribution in [3.05, 3.63) is 0 Å². The van der Waals surface area contributed by atoms with E-state index in [1.807, 2.05) is 0 Å². The van der Waals surface area contributed by atoms with Crippen molar-refractivity contribution in [2.45, 2.75) is 110 Å². The second-order valence-electron chi connectivity index (χ2n) is 6.07. The van der Waals surface area contributed by atoms with Crippen molar-refractivity contribution in [2.75, 3.05) is 0 Å². The molecule has 0 aromatic carbocycles. The molecule has 0 spiro atoms. The van der Waals surface area contributed by atoms with E-state index in [9.17, 15) is 5.11 Å². The van der Waals surface area contributed by atoms with Crippen LogP contribution in [0.15, 0.2) is 0 Å². The maximum Gasteiger partial charge on any atom is 0.102 e. The Kier molecular flexibility index (Phi) is 14.3. The molecule has 2 unspecified atom stereocenters. The van der Waals surface area contributed by atoms with Crippen LogP contribution in [0.25, 0.3) is 0 Å². The van der Waals surface area contributed by atoms with Crippen molar-refractivity contribution in [1.29, 1.82) is 0 Å². The third-order valence-electron chi connectivity index (χ3n) is 3.77. The number of aliphatic hydroxyl groups excluding tert-OH is 1. The highest BCUT2D eigenvalue weighted by Gasteiger charge is 2.03. The van der Waals surface area contributed by atoms with Gasteiger partial charge in [-0.05, 0) is 20.3 Å². The Morgan fingerprint density at radius 1 is 0.737 bits per heavy atom. The van der Waals surface area contributed by atoms with Gasteiger partial charge in [-0.2, -0.15) is 0 Å². The first-order valence-corrected chi connectivity index (χ1v) is 8.61. The third-order valence-corrected chi connectivity index (χ3v) is 3.77. The van der Waals surface area contributed by atoms with Crippen LogP contribution in [0.3, 0.4) is 0 Å². The summed E-state index contributed by atoms with van der Waals surface area (Å²) in [7, 11) is 0. The summed E-state index contributed by atoms with van der Waals surface area (Å²) in [6.07, 6.45) is 16.2. The maximum absolute atomic E-state index is 9.19. The predicted molar refractivity (Wildman–Crippen MR) is 85.4 cm³/mol. The summed E-state index contributed by atoms with van der Waals surface area (Å²) in [6, 6.07) is 0.443. The van der Waals surface area contributed by atoms with Crippen LogP contribution in [0.1, 0.15) is 97.8 Å². The van der Waals surface area contributed by atoms with Crippen LogP contribution >= 0.6 is 0 Å². The molecule has 0 aromatic heterocycles. The van der Waals surface area contributed by atoms with Crippen LogP contribution in [-0.2, 0) is 0 Å². The first kappa shape index (κ1) is 18.9. The molecule has 0 aromatic rings. The first-order chi connectivity index (χ1) is 9.16. The normalized spacial score (nSPS) is 14.5. The molecule has 0 saturated carbocycles. The molecule has 0 saturated heterocycles. The Morgan fingerprint density at radius 3 is 1.58 bits per heavy atom. The molecule has 19 heavy (non-hydrogen) atoms. The lowest BCUT2D eigenvalue weighted by atomic mass is 10.0. The van der Waals surface area contributed by atoms with Gasteiger partial charge in [0.2, 0.25) is 0 Å². The fraction of sp³-hybridized carbons (Fsp3) is 1.00. The van der Waals surface area contributed by atoms with Crippen molar-refractivity contribution in [2.24, 2.45) is 0 Å². The zero-order valence-electron chi connectivity index (χ0n) is 13.6. The summed E-state index contributed by atoms with van der Waals surface area (Å²) < 4.78 is 0. The smallest absolute Gasteiger partial charge is 0.102 e. The lowest BCUT2D eigenvalue weighted by Crippen LogP contribution is -2.33. The van der Waals surface area contributed by atoms with Crippen LogP contribution in [0.2, 0.25) is 0 Å². The Hall–Kier alpha value is -0.0800. The molecule has 0 fully saturated rings. The quantitative estimate of drug-likeness (QED) is 0.344. The van der Waals surface area contributed by atoms with E-state index < -0.39 is 0 Å². The first-order valence-electron chi connectivity index (χ1n) is 8.61. The van der Waals surface area contributed by atoms with Crippen LogP contribution in [-0.4, -0.2) is 17.4 Å². The highest BCUT2D eigenvalue weighted by atomic mass is 16.3. The van der Waals surface area contributed by atoms with Gasteiger partial charge in [0, 0.05) is 6.04 Å². The van der Waals surface area contributed by atoms with Gasteiger partial charge in [0.05, 0.1) is 0 Å². The molecule has 2 atom stereocenters. The maximum atomic E-state index is 9.19. The SMILES string of the molecule is CCCCCCCCCCCCCC(C)NC(C)O. The number of unbranched alkanes of at least 4 members (excludes halogenated alkanes) is 10. The molecule has 2 heteroatoms. The lowest BCUT2D eigenvalue weighted by Gasteiger charge is -2.15. The molecule has 0 radical (unpaired) electrons. The summed E-state index contributed by atoms with van der Waals surface area (Å²) in [6.45, 7) is 6.22. The van der Waals surface area contributed by atoms with Crippen LogP contribution in [0, 0.1) is 0 Å². The standard InChI is InChI=1S/C17H37NO/c1-4-5-6-7-8-9-10-11-12-13-14-15-16(2)18-17(3)19/h16-19H,4-15H2,1-3H3. The van der Waals surface area contributed by atoms with Gasteiger partial charge in [-0.25, -0.2) is 0 Å². The van der Waals surface area contributed by atoms with Gasteiger partial charge >= 0.3 is 0 Å². The van der Waals surface area contributed by atoms with E-state index in [0.717, 1.165) is 0 Å². The van der Waals surface area contributed by atoms with E-state index in [2.05, 4.69) is 19.2 Å². The molecule has 0 rings (SSSR count). The predicted octanol–water partition coefficient (Wildman–Crippen LogP) is 5.00. The Bertz CT molecular complexity index is 171. The summed E-state index contributed by atoms with van der Waals surface area (Å²) in [5, 5.41) is 12.3. The number of rotatable bonds is 14. The number of hydrogen-bond acceptors (Lipinski definition) is 2. The highest BCUT2D eigenvalue weighted by molar-refractivity contribution is 4.60. The van der Waals surface area contributed by atoms with Gasteiger partial charge < -0.3 is 5.11 Å². The van der Waals surface area contributed by atoms with E-state index in [0.29, 0.717) is 6.04 Å². The monoisotopic (exact) mass is 271 g/mol. The molecular formula is C17H37NO. The molecule has 0 heterocycles. The second kappa shape index (κ2) is 14.3. The van der Waals surface area contributed by atoms with E-state index in [1.54, 1.807) is 6.92 Å².